The molecule has 3 rings (SSSR count). The molecule has 0 bridgehead atoms. The lowest BCUT2D eigenvalue weighted by atomic mass is 9.97. The van der Waals surface area contributed by atoms with Crippen molar-refractivity contribution in [3.63, 3.8) is 0 Å². The van der Waals surface area contributed by atoms with Crippen LogP contribution in [0.3, 0.4) is 0 Å². The molecule has 3 heteroatoms. The Labute approximate surface area is 127 Å². The highest BCUT2D eigenvalue weighted by Gasteiger charge is 2.15. The second-order valence-electron chi connectivity index (χ2n) is 6.37. The normalized spacial score (nSPS) is 17.6. The first kappa shape index (κ1) is 14.6. The van der Waals surface area contributed by atoms with Crippen LogP contribution in [0.5, 0.6) is 0 Å². The van der Waals surface area contributed by atoms with E-state index in [-0.39, 0.29) is 0 Å². The van der Waals surface area contributed by atoms with Crippen LogP contribution in [0.25, 0.3) is 10.9 Å². The van der Waals surface area contributed by atoms with Crippen LogP contribution in [-0.4, -0.2) is 42.7 Å². The van der Waals surface area contributed by atoms with Crippen molar-refractivity contribution in [2.24, 2.45) is 5.92 Å². The first-order valence-electron chi connectivity index (χ1n) is 8.26. The quantitative estimate of drug-likeness (QED) is 0.824. The van der Waals surface area contributed by atoms with Crippen molar-refractivity contribution < 1.29 is 0 Å². The number of piperidine rings is 1. The highest BCUT2D eigenvalue weighted by molar-refractivity contribution is 5.79. The number of nitrogens with zero attached hydrogens (tertiary/aromatic N) is 2. The van der Waals surface area contributed by atoms with Crippen LogP contribution in [0.15, 0.2) is 36.5 Å². The van der Waals surface area contributed by atoms with Gasteiger partial charge in [0.15, 0.2) is 0 Å². The van der Waals surface area contributed by atoms with Gasteiger partial charge in [-0.2, -0.15) is 0 Å². The largest absolute Gasteiger partial charge is 0.347 e. The minimum atomic E-state index is 0.883. The summed E-state index contributed by atoms with van der Waals surface area (Å²) in [4.78, 5) is 2.44. The molecule has 0 unspecified atom stereocenters. The molecule has 1 N–H and O–H groups in total. The Balaban J connectivity index is 1.37. The zero-order valence-electron chi connectivity index (χ0n) is 13.1. The van der Waals surface area contributed by atoms with E-state index in [1.807, 2.05) is 0 Å². The molecule has 0 spiro atoms. The van der Waals surface area contributed by atoms with Crippen molar-refractivity contribution in [3.8, 4) is 0 Å². The van der Waals surface area contributed by atoms with Crippen LogP contribution in [0, 0.1) is 5.92 Å². The van der Waals surface area contributed by atoms with Gasteiger partial charge in [-0.25, -0.2) is 0 Å². The standard InChI is InChI=1S/C18H27N3/c1-20-12-7-16(8-13-20)15-19-10-4-11-21-14-9-17-5-2-3-6-18(17)21/h2-3,5-6,9,14,16,19H,4,7-8,10-13,15H2,1H3. The maximum absolute atomic E-state index is 3.65. The van der Waals surface area contributed by atoms with Crippen LogP contribution >= 0.6 is 0 Å². The van der Waals surface area contributed by atoms with Gasteiger partial charge in [0.05, 0.1) is 0 Å². The van der Waals surface area contributed by atoms with Gasteiger partial charge >= 0.3 is 0 Å². The van der Waals surface area contributed by atoms with Crippen molar-refractivity contribution in [2.45, 2.75) is 25.8 Å². The molecule has 1 aromatic heterocycles. The third kappa shape index (κ3) is 3.86. The molecule has 2 heterocycles. The van der Waals surface area contributed by atoms with Gasteiger partial charge in [0.1, 0.15) is 0 Å². The minimum Gasteiger partial charge on any atom is -0.347 e. The zero-order chi connectivity index (χ0) is 14.5. The van der Waals surface area contributed by atoms with E-state index in [0.29, 0.717) is 0 Å². The summed E-state index contributed by atoms with van der Waals surface area (Å²) in [5.74, 6) is 0.883. The number of fused-ring (bicyclic) bond motifs is 1. The van der Waals surface area contributed by atoms with Gasteiger partial charge in [0.2, 0.25) is 0 Å². The van der Waals surface area contributed by atoms with Gasteiger partial charge in [-0.05, 0) is 75.9 Å². The molecule has 21 heavy (non-hydrogen) atoms. The summed E-state index contributed by atoms with van der Waals surface area (Å²) < 4.78 is 2.37. The molecule has 1 fully saturated rings. The molecule has 1 aromatic carbocycles. The molecule has 3 nitrogen and oxygen atoms in total. The average Bonchev–Trinajstić information content (AvgIpc) is 2.92. The van der Waals surface area contributed by atoms with E-state index < -0.39 is 0 Å². The maximum atomic E-state index is 3.65. The topological polar surface area (TPSA) is 20.2 Å². The van der Waals surface area contributed by atoms with Crippen molar-refractivity contribution >= 4 is 10.9 Å². The van der Waals surface area contributed by atoms with E-state index in [0.717, 1.165) is 19.0 Å². The Morgan fingerprint density at radius 1 is 1.14 bits per heavy atom. The van der Waals surface area contributed by atoms with E-state index >= 15 is 0 Å². The van der Waals surface area contributed by atoms with Crippen LogP contribution in [0.2, 0.25) is 0 Å². The van der Waals surface area contributed by atoms with Gasteiger partial charge in [0, 0.05) is 18.3 Å². The number of aryl methyl sites for hydroxylation is 1. The highest BCUT2D eigenvalue weighted by Crippen LogP contribution is 2.16. The lowest BCUT2D eigenvalue weighted by molar-refractivity contribution is 0.216. The second-order valence-corrected chi connectivity index (χ2v) is 6.37. The lowest BCUT2D eigenvalue weighted by Gasteiger charge is -2.29. The number of benzene rings is 1. The van der Waals surface area contributed by atoms with Gasteiger partial charge in [-0.1, -0.05) is 18.2 Å². The Kier molecular flexibility index (Phi) is 4.94. The fourth-order valence-electron chi connectivity index (χ4n) is 3.28. The van der Waals surface area contributed by atoms with E-state index in [4.69, 9.17) is 0 Å². The zero-order valence-corrected chi connectivity index (χ0v) is 13.1. The van der Waals surface area contributed by atoms with Gasteiger partial charge < -0.3 is 14.8 Å². The predicted octanol–water partition coefficient (Wildman–Crippen LogP) is 2.96. The van der Waals surface area contributed by atoms with Gasteiger partial charge in [-0.15, -0.1) is 0 Å². The van der Waals surface area contributed by atoms with E-state index in [2.05, 4.69) is 58.4 Å². The summed E-state index contributed by atoms with van der Waals surface area (Å²) in [7, 11) is 2.23. The van der Waals surface area contributed by atoms with E-state index in [1.54, 1.807) is 0 Å². The molecule has 0 aliphatic carbocycles. The van der Waals surface area contributed by atoms with E-state index in [1.165, 1.54) is 49.8 Å². The van der Waals surface area contributed by atoms with Crippen molar-refractivity contribution in [1.82, 2.24) is 14.8 Å². The molecule has 2 aromatic rings. The Morgan fingerprint density at radius 3 is 2.81 bits per heavy atom. The van der Waals surface area contributed by atoms with Crippen LogP contribution < -0.4 is 5.32 Å². The summed E-state index contributed by atoms with van der Waals surface area (Å²) in [5, 5.41) is 4.99. The predicted molar refractivity (Wildman–Crippen MR) is 89.6 cm³/mol. The van der Waals surface area contributed by atoms with E-state index in [9.17, 15) is 0 Å². The van der Waals surface area contributed by atoms with Crippen molar-refractivity contribution in [3.05, 3.63) is 36.5 Å². The molecule has 0 saturated carbocycles. The van der Waals surface area contributed by atoms with Gasteiger partial charge in [-0.3, -0.25) is 0 Å². The number of hydrogen-bond acceptors (Lipinski definition) is 2. The van der Waals surface area contributed by atoms with Crippen LogP contribution in [0.4, 0.5) is 0 Å². The fourth-order valence-corrected chi connectivity index (χ4v) is 3.28. The van der Waals surface area contributed by atoms with Crippen LogP contribution in [-0.2, 0) is 6.54 Å². The molecule has 0 atom stereocenters. The summed E-state index contributed by atoms with van der Waals surface area (Å²) in [6, 6.07) is 10.8. The minimum absolute atomic E-state index is 0.883. The molecule has 0 radical (unpaired) electrons. The summed E-state index contributed by atoms with van der Waals surface area (Å²) in [6.45, 7) is 5.95. The first-order valence-corrected chi connectivity index (χ1v) is 8.26. The SMILES string of the molecule is CN1CCC(CNCCCn2ccc3ccccc32)CC1. The van der Waals surface area contributed by atoms with Gasteiger partial charge in [0.25, 0.3) is 0 Å². The molecule has 114 valence electrons. The summed E-state index contributed by atoms with van der Waals surface area (Å²) in [6.07, 6.45) is 6.12. The Hall–Kier alpha value is -1.32. The molecule has 1 saturated heterocycles. The highest BCUT2D eigenvalue weighted by atomic mass is 15.1. The molecular formula is C18H27N3. The average molecular weight is 285 g/mol. The number of rotatable bonds is 6. The summed E-state index contributed by atoms with van der Waals surface area (Å²) >= 11 is 0. The Morgan fingerprint density at radius 2 is 1.95 bits per heavy atom. The number of para-hydroxylation sites is 1. The third-order valence-electron chi connectivity index (χ3n) is 4.70. The molecular weight excluding hydrogens is 258 g/mol. The fraction of sp³-hybridized carbons (Fsp3) is 0.556. The number of nitrogens with one attached hydrogen (secondary N) is 1. The monoisotopic (exact) mass is 285 g/mol. The number of hydrogen-bond donors (Lipinski definition) is 1. The first-order chi connectivity index (χ1) is 10.3. The maximum Gasteiger partial charge on any atom is 0.0480 e. The third-order valence-corrected chi connectivity index (χ3v) is 4.70. The lowest BCUT2D eigenvalue weighted by Crippen LogP contribution is -2.35. The second kappa shape index (κ2) is 7.10. The smallest absolute Gasteiger partial charge is 0.0480 e. The molecule has 0 amide bonds. The van der Waals surface area contributed by atoms with Crippen molar-refractivity contribution in [2.75, 3.05) is 33.2 Å². The number of aromatic nitrogens is 1. The summed E-state index contributed by atoms with van der Waals surface area (Å²) in [5.41, 5.74) is 1.35. The number of likely N-dealkylation sites (tertiary alicyclic amines) is 1. The van der Waals surface area contributed by atoms with Crippen LogP contribution in [0.1, 0.15) is 19.3 Å². The molecule has 1 aliphatic heterocycles. The Bertz CT molecular complexity index is 552. The van der Waals surface area contributed by atoms with Crippen molar-refractivity contribution in [1.29, 1.82) is 0 Å². The molecule has 1 aliphatic rings.